The lowest BCUT2D eigenvalue weighted by molar-refractivity contribution is 0.0951. The van der Waals surface area contributed by atoms with Crippen LogP contribution in [0.3, 0.4) is 0 Å². The van der Waals surface area contributed by atoms with Crippen LogP contribution in [0.25, 0.3) is 0 Å². The molecule has 0 fully saturated rings. The van der Waals surface area contributed by atoms with Crippen LogP contribution in [0.5, 0.6) is 0 Å². The summed E-state index contributed by atoms with van der Waals surface area (Å²) in [6.07, 6.45) is 0. The van der Waals surface area contributed by atoms with Gasteiger partial charge in [-0.25, -0.2) is 8.42 Å². The molecule has 0 radical (unpaired) electrons. The average molecular weight is 443 g/mol. The fraction of sp³-hybridized carbons (Fsp3) is 0.174. The zero-order valence-corrected chi connectivity index (χ0v) is 18.4. The van der Waals surface area contributed by atoms with E-state index in [9.17, 15) is 13.2 Å². The van der Waals surface area contributed by atoms with Crippen molar-refractivity contribution in [2.24, 2.45) is 0 Å². The Morgan fingerprint density at radius 2 is 1.73 bits per heavy atom. The summed E-state index contributed by atoms with van der Waals surface area (Å²) in [7, 11) is -3.85. The first kappa shape index (κ1) is 21.9. The van der Waals surface area contributed by atoms with Crippen molar-refractivity contribution in [3.05, 3.63) is 94.5 Å². The molecule has 0 unspecified atom stereocenters. The minimum absolute atomic E-state index is 0.0123. The quantitative estimate of drug-likeness (QED) is 0.571. The van der Waals surface area contributed by atoms with Crippen LogP contribution in [0, 0.1) is 6.92 Å². The summed E-state index contributed by atoms with van der Waals surface area (Å²) < 4.78 is 27.7. The van der Waals surface area contributed by atoms with Crippen LogP contribution in [-0.4, -0.2) is 20.9 Å². The van der Waals surface area contributed by atoms with E-state index in [-0.39, 0.29) is 22.0 Å². The number of halogens is 1. The summed E-state index contributed by atoms with van der Waals surface area (Å²) >= 11 is 6.21. The summed E-state index contributed by atoms with van der Waals surface area (Å²) in [5.74, 6) is -0.429. The molecule has 0 saturated heterocycles. The number of carbonyl (C=O) groups is 1. The third-order valence-electron chi connectivity index (χ3n) is 4.64. The first-order valence-electron chi connectivity index (χ1n) is 9.54. The van der Waals surface area contributed by atoms with Gasteiger partial charge in [0.05, 0.1) is 21.2 Å². The van der Waals surface area contributed by atoms with Crippen LogP contribution in [-0.2, 0) is 16.6 Å². The highest BCUT2D eigenvalue weighted by Gasteiger charge is 2.25. The van der Waals surface area contributed by atoms with Gasteiger partial charge in [0.1, 0.15) is 0 Å². The first-order chi connectivity index (χ1) is 14.3. The van der Waals surface area contributed by atoms with E-state index in [2.05, 4.69) is 5.32 Å². The monoisotopic (exact) mass is 442 g/mol. The number of aryl methyl sites for hydroxylation is 1. The lowest BCUT2D eigenvalue weighted by Crippen LogP contribution is -2.31. The SMILES string of the molecule is CCN(c1ccccc1)S(=O)(=O)c1ccc(Cl)c(C(=O)NCc2cccc(C)c2)c1. The van der Waals surface area contributed by atoms with E-state index < -0.39 is 15.9 Å². The number of para-hydroxylation sites is 1. The van der Waals surface area contributed by atoms with Gasteiger partial charge in [-0.05, 0) is 49.7 Å². The Kier molecular flexibility index (Phi) is 6.80. The van der Waals surface area contributed by atoms with Gasteiger partial charge in [0.2, 0.25) is 0 Å². The molecule has 156 valence electrons. The summed E-state index contributed by atoms with van der Waals surface area (Å²) in [6.45, 7) is 4.31. The number of sulfonamides is 1. The maximum atomic E-state index is 13.2. The number of carbonyl (C=O) groups excluding carboxylic acids is 1. The predicted octanol–water partition coefficient (Wildman–Crippen LogP) is 4.79. The van der Waals surface area contributed by atoms with Crippen molar-refractivity contribution < 1.29 is 13.2 Å². The Bertz CT molecular complexity index is 1150. The highest BCUT2D eigenvalue weighted by atomic mass is 35.5. The van der Waals surface area contributed by atoms with Gasteiger partial charge in [-0.3, -0.25) is 9.10 Å². The molecule has 0 aliphatic rings. The van der Waals surface area contributed by atoms with E-state index in [1.54, 1.807) is 31.2 Å². The van der Waals surface area contributed by atoms with Crippen molar-refractivity contribution >= 4 is 33.2 Å². The van der Waals surface area contributed by atoms with Gasteiger partial charge in [-0.1, -0.05) is 59.6 Å². The summed E-state index contributed by atoms with van der Waals surface area (Å²) in [5, 5.41) is 3.00. The highest BCUT2D eigenvalue weighted by Crippen LogP contribution is 2.26. The number of anilines is 1. The van der Waals surface area contributed by atoms with Crippen molar-refractivity contribution in [3.8, 4) is 0 Å². The molecule has 0 saturated carbocycles. The molecule has 30 heavy (non-hydrogen) atoms. The van der Waals surface area contributed by atoms with Crippen LogP contribution in [0.15, 0.2) is 77.7 Å². The predicted molar refractivity (Wildman–Crippen MR) is 120 cm³/mol. The Labute approximate surface area is 182 Å². The molecule has 0 heterocycles. The zero-order valence-electron chi connectivity index (χ0n) is 16.8. The van der Waals surface area contributed by atoms with Gasteiger partial charge in [-0.2, -0.15) is 0 Å². The molecule has 3 rings (SSSR count). The number of benzene rings is 3. The minimum atomic E-state index is -3.85. The van der Waals surface area contributed by atoms with Crippen LogP contribution in [0.2, 0.25) is 5.02 Å². The second-order valence-electron chi connectivity index (χ2n) is 6.82. The van der Waals surface area contributed by atoms with Gasteiger partial charge in [0, 0.05) is 13.1 Å². The Balaban J connectivity index is 1.87. The van der Waals surface area contributed by atoms with Crippen molar-refractivity contribution in [2.45, 2.75) is 25.3 Å². The van der Waals surface area contributed by atoms with Crippen molar-refractivity contribution in [3.63, 3.8) is 0 Å². The van der Waals surface area contributed by atoms with Crippen LogP contribution in [0.1, 0.15) is 28.4 Å². The van der Waals surface area contributed by atoms with Crippen LogP contribution >= 0.6 is 11.6 Å². The standard InChI is InChI=1S/C23H23ClN2O3S/c1-3-26(19-10-5-4-6-11-19)30(28,29)20-12-13-22(24)21(15-20)23(27)25-16-18-9-7-8-17(2)14-18/h4-15H,3,16H2,1-2H3,(H,25,27). The Hall–Kier alpha value is -2.83. The number of hydrogen-bond acceptors (Lipinski definition) is 3. The molecule has 3 aromatic rings. The van der Waals surface area contributed by atoms with E-state index in [4.69, 9.17) is 11.6 Å². The molecule has 0 aliphatic heterocycles. The second-order valence-corrected chi connectivity index (χ2v) is 9.09. The summed E-state index contributed by atoms with van der Waals surface area (Å²) in [5.41, 5.74) is 2.72. The molecule has 0 aromatic heterocycles. The van der Waals surface area contributed by atoms with Crippen molar-refractivity contribution in [2.75, 3.05) is 10.8 Å². The Morgan fingerprint density at radius 3 is 2.40 bits per heavy atom. The van der Waals surface area contributed by atoms with E-state index >= 15 is 0 Å². The van der Waals surface area contributed by atoms with E-state index in [0.717, 1.165) is 11.1 Å². The fourth-order valence-electron chi connectivity index (χ4n) is 3.15. The van der Waals surface area contributed by atoms with Crippen LogP contribution in [0.4, 0.5) is 5.69 Å². The Morgan fingerprint density at radius 1 is 1.00 bits per heavy atom. The smallest absolute Gasteiger partial charge is 0.264 e. The number of hydrogen-bond donors (Lipinski definition) is 1. The maximum Gasteiger partial charge on any atom is 0.264 e. The van der Waals surface area contributed by atoms with Gasteiger partial charge in [-0.15, -0.1) is 0 Å². The van der Waals surface area contributed by atoms with Crippen molar-refractivity contribution in [1.29, 1.82) is 0 Å². The third kappa shape index (κ3) is 4.83. The lowest BCUT2D eigenvalue weighted by Gasteiger charge is -2.23. The van der Waals surface area contributed by atoms with Crippen LogP contribution < -0.4 is 9.62 Å². The number of nitrogens with one attached hydrogen (secondary N) is 1. The fourth-order valence-corrected chi connectivity index (χ4v) is 4.86. The summed E-state index contributed by atoms with van der Waals surface area (Å²) in [4.78, 5) is 12.7. The maximum absolute atomic E-state index is 13.2. The minimum Gasteiger partial charge on any atom is -0.348 e. The van der Waals surface area contributed by atoms with E-state index in [1.165, 1.54) is 22.5 Å². The third-order valence-corrected chi connectivity index (χ3v) is 6.87. The van der Waals surface area contributed by atoms with Gasteiger partial charge in [0.25, 0.3) is 15.9 Å². The van der Waals surface area contributed by atoms with Gasteiger partial charge < -0.3 is 5.32 Å². The number of amides is 1. The number of rotatable bonds is 7. The average Bonchev–Trinajstić information content (AvgIpc) is 2.73. The molecule has 7 heteroatoms. The van der Waals surface area contributed by atoms with Crippen molar-refractivity contribution in [1.82, 2.24) is 5.32 Å². The molecule has 0 atom stereocenters. The lowest BCUT2D eigenvalue weighted by atomic mass is 10.1. The van der Waals surface area contributed by atoms with E-state index in [1.807, 2.05) is 37.3 Å². The second kappa shape index (κ2) is 9.32. The number of nitrogens with zero attached hydrogens (tertiary/aromatic N) is 1. The molecule has 0 spiro atoms. The first-order valence-corrected chi connectivity index (χ1v) is 11.4. The molecular weight excluding hydrogens is 420 g/mol. The normalized spacial score (nSPS) is 11.2. The molecule has 3 aromatic carbocycles. The molecular formula is C23H23ClN2O3S. The van der Waals surface area contributed by atoms with E-state index in [0.29, 0.717) is 12.2 Å². The molecule has 0 bridgehead atoms. The molecule has 1 N–H and O–H groups in total. The zero-order chi connectivity index (χ0) is 21.7. The molecule has 5 nitrogen and oxygen atoms in total. The van der Waals surface area contributed by atoms with Gasteiger partial charge in [0.15, 0.2) is 0 Å². The topological polar surface area (TPSA) is 66.5 Å². The summed E-state index contributed by atoms with van der Waals surface area (Å²) in [6, 6.07) is 20.8. The van der Waals surface area contributed by atoms with Gasteiger partial charge >= 0.3 is 0 Å². The highest BCUT2D eigenvalue weighted by molar-refractivity contribution is 7.92. The molecule has 1 amide bonds. The largest absolute Gasteiger partial charge is 0.348 e. The molecule has 0 aliphatic carbocycles.